The predicted molar refractivity (Wildman–Crippen MR) is 69.3 cm³/mol. The number of hydrogen-bond acceptors (Lipinski definition) is 4. The summed E-state index contributed by atoms with van der Waals surface area (Å²) in [7, 11) is 0. The fourth-order valence-electron chi connectivity index (χ4n) is 2.63. The number of ether oxygens (including phenoxy) is 1. The Kier molecular flexibility index (Phi) is 3.63. The van der Waals surface area contributed by atoms with Gasteiger partial charge < -0.3 is 20.4 Å². The normalized spacial score (nSPS) is 25.5. The van der Waals surface area contributed by atoms with Crippen molar-refractivity contribution >= 4 is 0 Å². The molecule has 5 heteroatoms. The summed E-state index contributed by atoms with van der Waals surface area (Å²) in [5.41, 5.74) is 7.11. The number of rotatable bonds is 6. The first kappa shape index (κ1) is 12.1. The summed E-state index contributed by atoms with van der Waals surface area (Å²) in [4.78, 5) is 4.27. The van der Waals surface area contributed by atoms with E-state index in [0.717, 1.165) is 19.6 Å². The highest BCUT2D eigenvalue weighted by atomic mass is 16.5. The van der Waals surface area contributed by atoms with Gasteiger partial charge in [-0.2, -0.15) is 0 Å². The highest BCUT2D eigenvalue weighted by Gasteiger charge is 2.28. The number of imidazole rings is 1. The standard InChI is InChI=1S/C13H22N4O/c14-6-12(16-7-11-2-1-5-18-11)13-8-15-9-17(13)10-3-4-10/h8-12,16H,1-7,14H2. The van der Waals surface area contributed by atoms with E-state index in [1.165, 1.54) is 25.0 Å². The van der Waals surface area contributed by atoms with Crippen LogP contribution in [-0.4, -0.2) is 35.4 Å². The van der Waals surface area contributed by atoms with Crippen molar-refractivity contribution in [3.05, 3.63) is 18.2 Å². The summed E-state index contributed by atoms with van der Waals surface area (Å²) in [5.74, 6) is 0. The van der Waals surface area contributed by atoms with E-state index in [-0.39, 0.29) is 6.04 Å². The van der Waals surface area contributed by atoms with Gasteiger partial charge in [0.1, 0.15) is 0 Å². The molecule has 5 nitrogen and oxygen atoms in total. The lowest BCUT2D eigenvalue weighted by Crippen LogP contribution is -2.35. The largest absolute Gasteiger partial charge is 0.377 e. The van der Waals surface area contributed by atoms with Crippen LogP contribution in [0.2, 0.25) is 0 Å². The number of aromatic nitrogens is 2. The molecule has 0 radical (unpaired) electrons. The maximum absolute atomic E-state index is 5.89. The van der Waals surface area contributed by atoms with E-state index in [0.29, 0.717) is 18.7 Å². The van der Waals surface area contributed by atoms with Gasteiger partial charge in [0, 0.05) is 31.9 Å². The second-order valence-corrected chi connectivity index (χ2v) is 5.29. The Labute approximate surface area is 108 Å². The molecule has 0 amide bonds. The Bertz CT molecular complexity index is 382. The molecule has 0 spiro atoms. The minimum Gasteiger partial charge on any atom is -0.377 e. The Balaban J connectivity index is 1.61. The zero-order chi connectivity index (χ0) is 12.4. The summed E-state index contributed by atoms with van der Waals surface area (Å²) in [6.45, 7) is 2.39. The van der Waals surface area contributed by atoms with E-state index in [2.05, 4.69) is 14.9 Å². The topological polar surface area (TPSA) is 65.1 Å². The van der Waals surface area contributed by atoms with Gasteiger partial charge in [-0.3, -0.25) is 0 Å². The zero-order valence-electron chi connectivity index (χ0n) is 10.7. The molecule has 2 aliphatic rings. The van der Waals surface area contributed by atoms with E-state index in [1.54, 1.807) is 0 Å². The van der Waals surface area contributed by atoms with Gasteiger partial charge in [-0.25, -0.2) is 4.98 Å². The third-order valence-corrected chi connectivity index (χ3v) is 3.84. The monoisotopic (exact) mass is 250 g/mol. The molecule has 1 aliphatic heterocycles. The van der Waals surface area contributed by atoms with E-state index in [1.807, 2.05) is 12.5 Å². The first-order valence-corrected chi connectivity index (χ1v) is 6.95. The zero-order valence-corrected chi connectivity index (χ0v) is 10.7. The number of hydrogen-bond donors (Lipinski definition) is 2. The number of nitrogens with one attached hydrogen (secondary N) is 1. The third-order valence-electron chi connectivity index (χ3n) is 3.84. The Morgan fingerprint density at radius 3 is 3.06 bits per heavy atom. The number of nitrogens with two attached hydrogens (primary N) is 1. The van der Waals surface area contributed by atoms with Crippen LogP contribution in [0.1, 0.15) is 43.5 Å². The average Bonchev–Trinajstić information content (AvgIpc) is 2.92. The van der Waals surface area contributed by atoms with Crippen molar-refractivity contribution in [2.45, 2.75) is 43.9 Å². The molecule has 2 unspecified atom stereocenters. The maximum Gasteiger partial charge on any atom is 0.0951 e. The van der Waals surface area contributed by atoms with Crippen LogP contribution in [0.15, 0.2) is 12.5 Å². The van der Waals surface area contributed by atoms with Crippen LogP contribution in [0.5, 0.6) is 0 Å². The molecule has 1 aromatic rings. The molecule has 2 atom stereocenters. The quantitative estimate of drug-likeness (QED) is 0.790. The molecule has 2 heterocycles. The number of nitrogens with zero attached hydrogens (tertiary/aromatic N) is 2. The second-order valence-electron chi connectivity index (χ2n) is 5.29. The maximum atomic E-state index is 5.89. The van der Waals surface area contributed by atoms with Crippen LogP contribution in [0.25, 0.3) is 0 Å². The molecule has 3 rings (SSSR count). The second kappa shape index (κ2) is 5.38. The van der Waals surface area contributed by atoms with Gasteiger partial charge >= 0.3 is 0 Å². The highest BCUT2D eigenvalue weighted by molar-refractivity contribution is 5.09. The van der Waals surface area contributed by atoms with Gasteiger partial charge in [-0.1, -0.05) is 0 Å². The third kappa shape index (κ3) is 2.58. The summed E-state index contributed by atoms with van der Waals surface area (Å²) in [6.07, 6.45) is 9.11. The van der Waals surface area contributed by atoms with E-state index < -0.39 is 0 Å². The Morgan fingerprint density at radius 1 is 1.50 bits per heavy atom. The molecule has 1 saturated carbocycles. The molecule has 1 aliphatic carbocycles. The Morgan fingerprint density at radius 2 is 2.39 bits per heavy atom. The predicted octanol–water partition coefficient (Wildman–Crippen LogP) is 0.986. The van der Waals surface area contributed by atoms with E-state index in [9.17, 15) is 0 Å². The van der Waals surface area contributed by atoms with Gasteiger partial charge in [-0.05, 0) is 25.7 Å². The molecule has 100 valence electrons. The van der Waals surface area contributed by atoms with Crippen LogP contribution >= 0.6 is 0 Å². The molecule has 18 heavy (non-hydrogen) atoms. The summed E-state index contributed by atoms with van der Waals surface area (Å²) in [6, 6.07) is 0.846. The first-order valence-electron chi connectivity index (χ1n) is 6.95. The average molecular weight is 250 g/mol. The van der Waals surface area contributed by atoms with Crippen LogP contribution in [0.3, 0.4) is 0 Å². The van der Waals surface area contributed by atoms with Crippen molar-refractivity contribution in [2.24, 2.45) is 5.73 Å². The van der Waals surface area contributed by atoms with Gasteiger partial charge in [-0.15, -0.1) is 0 Å². The SMILES string of the molecule is NCC(NCC1CCCO1)c1cncn1C1CC1. The van der Waals surface area contributed by atoms with Crippen molar-refractivity contribution in [1.29, 1.82) is 0 Å². The lowest BCUT2D eigenvalue weighted by atomic mass is 10.2. The van der Waals surface area contributed by atoms with Crippen molar-refractivity contribution in [2.75, 3.05) is 19.7 Å². The molecular formula is C13H22N4O. The molecule has 0 aromatic carbocycles. The van der Waals surface area contributed by atoms with Crippen molar-refractivity contribution < 1.29 is 4.74 Å². The molecule has 1 saturated heterocycles. The summed E-state index contributed by atoms with van der Waals surface area (Å²) in [5, 5.41) is 3.53. The summed E-state index contributed by atoms with van der Waals surface area (Å²) >= 11 is 0. The highest BCUT2D eigenvalue weighted by Crippen LogP contribution is 2.36. The summed E-state index contributed by atoms with van der Waals surface area (Å²) < 4.78 is 7.91. The minimum absolute atomic E-state index is 0.192. The minimum atomic E-state index is 0.192. The van der Waals surface area contributed by atoms with Crippen LogP contribution in [0, 0.1) is 0 Å². The van der Waals surface area contributed by atoms with E-state index in [4.69, 9.17) is 10.5 Å². The van der Waals surface area contributed by atoms with Gasteiger partial charge in [0.05, 0.1) is 24.2 Å². The smallest absolute Gasteiger partial charge is 0.0951 e. The van der Waals surface area contributed by atoms with Gasteiger partial charge in [0.2, 0.25) is 0 Å². The lowest BCUT2D eigenvalue weighted by molar-refractivity contribution is 0.107. The fraction of sp³-hybridized carbons (Fsp3) is 0.769. The molecule has 0 bridgehead atoms. The van der Waals surface area contributed by atoms with E-state index >= 15 is 0 Å². The molecular weight excluding hydrogens is 228 g/mol. The van der Waals surface area contributed by atoms with Crippen LogP contribution < -0.4 is 11.1 Å². The first-order chi connectivity index (χ1) is 8.88. The van der Waals surface area contributed by atoms with Crippen molar-refractivity contribution in [3.63, 3.8) is 0 Å². The van der Waals surface area contributed by atoms with Gasteiger partial charge in [0.15, 0.2) is 0 Å². The van der Waals surface area contributed by atoms with Gasteiger partial charge in [0.25, 0.3) is 0 Å². The van der Waals surface area contributed by atoms with Crippen LogP contribution in [0.4, 0.5) is 0 Å². The molecule has 2 fully saturated rings. The fourth-order valence-corrected chi connectivity index (χ4v) is 2.63. The van der Waals surface area contributed by atoms with Crippen LogP contribution in [-0.2, 0) is 4.74 Å². The molecule has 1 aromatic heterocycles. The van der Waals surface area contributed by atoms with Crippen molar-refractivity contribution in [3.8, 4) is 0 Å². The lowest BCUT2D eigenvalue weighted by Gasteiger charge is -2.20. The Hall–Kier alpha value is -0.910. The molecule has 3 N–H and O–H groups in total. The van der Waals surface area contributed by atoms with Crippen molar-refractivity contribution in [1.82, 2.24) is 14.9 Å².